The van der Waals surface area contributed by atoms with Crippen molar-refractivity contribution in [3.63, 3.8) is 0 Å². The van der Waals surface area contributed by atoms with Crippen LogP contribution in [0.1, 0.15) is 34.1 Å². The summed E-state index contributed by atoms with van der Waals surface area (Å²) in [6.07, 6.45) is 0.667. The second-order valence-electron chi connectivity index (χ2n) is 3.88. The highest BCUT2D eigenvalue weighted by Crippen LogP contribution is 1.71. The molecule has 0 aromatic carbocycles. The van der Waals surface area contributed by atoms with E-state index in [0.29, 0.717) is 6.42 Å². The molecule has 0 saturated heterocycles. The lowest BCUT2D eigenvalue weighted by Crippen LogP contribution is -2.17. The molecule has 0 aliphatic rings. The summed E-state index contributed by atoms with van der Waals surface area (Å²) < 4.78 is 0. The lowest BCUT2D eigenvalue weighted by atomic mass is 10.4. The minimum atomic E-state index is 0.0926. The van der Waals surface area contributed by atoms with E-state index in [-0.39, 0.29) is 17.6 Å². The average molecular weight is 246 g/mol. The van der Waals surface area contributed by atoms with E-state index in [1.54, 1.807) is 35.1 Å². The fraction of sp³-hybridized carbons (Fsp3) is 0.750. The molecule has 0 rings (SSSR count). The van der Waals surface area contributed by atoms with E-state index in [4.69, 9.17) is 0 Å². The standard InChI is InChI=1S/2C4H9NO.C4H8O/c2*1-4(6)5(2)3;1-3-4(2)5/h2*1-3H3;3H2,1-2H3. The van der Waals surface area contributed by atoms with E-state index in [1.165, 1.54) is 23.6 Å². The molecule has 2 amide bonds. The highest BCUT2D eigenvalue weighted by molar-refractivity contribution is 5.74. The Hall–Kier alpha value is -1.39. The van der Waals surface area contributed by atoms with Crippen LogP contribution >= 0.6 is 0 Å². The van der Waals surface area contributed by atoms with Gasteiger partial charge >= 0.3 is 0 Å². The Morgan fingerprint density at radius 1 is 0.765 bits per heavy atom. The number of ketones is 1. The molecule has 0 aromatic rings. The summed E-state index contributed by atoms with van der Waals surface area (Å²) in [6, 6.07) is 0. The smallest absolute Gasteiger partial charge is 0.218 e. The van der Waals surface area contributed by atoms with Crippen molar-refractivity contribution in [2.24, 2.45) is 0 Å². The predicted octanol–water partition coefficient (Wildman–Crippen LogP) is 1.17. The second-order valence-corrected chi connectivity index (χ2v) is 3.88. The summed E-state index contributed by atoms with van der Waals surface area (Å²) in [5.74, 6) is 0.440. The van der Waals surface area contributed by atoms with Gasteiger partial charge in [-0.3, -0.25) is 9.59 Å². The number of amides is 2. The van der Waals surface area contributed by atoms with Gasteiger partial charge in [-0.25, -0.2) is 0 Å². The molecule has 102 valence electrons. The fourth-order valence-electron chi connectivity index (χ4n) is 0. The van der Waals surface area contributed by atoms with Crippen LogP contribution in [0.15, 0.2) is 0 Å². The molecule has 0 aliphatic heterocycles. The molecular weight excluding hydrogens is 220 g/mol. The zero-order chi connectivity index (χ0) is 14.6. The fourth-order valence-corrected chi connectivity index (χ4v) is 0. The molecule has 0 N–H and O–H groups in total. The van der Waals surface area contributed by atoms with Crippen molar-refractivity contribution < 1.29 is 14.4 Å². The molecular formula is C12H26N2O3. The van der Waals surface area contributed by atoms with Crippen molar-refractivity contribution in [1.29, 1.82) is 0 Å². The van der Waals surface area contributed by atoms with Crippen LogP contribution in [0.25, 0.3) is 0 Å². The van der Waals surface area contributed by atoms with Crippen LogP contribution in [0.4, 0.5) is 0 Å². The molecule has 0 radical (unpaired) electrons. The number of carbonyl (C=O) groups excluding carboxylic acids is 3. The zero-order valence-corrected chi connectivity index (χ0v) is 12.3. The maximum Gasteiger partial charge on any atom is 0.218 e. The molecule has 0 saturated carbocycles. The molecule has 0 aromatic heterocycles. The van der Waals surface area contributed by atoms with Gasteiger partial charge in [0, 0.05) is 48.5 Å². The third kappa shape index (κ3) is 31.3. The van der Waals surface area contributed by atoms with Crippen molar-refractivity contribution in [1.82, 2.24) is 9.80 Å². The molecule has 0 atom stereocenters. The van der Waals surface area contributed by atoms with Crippen molar-refractivity contribution in [3.8, 4) is 0 Å². The highest BCUT2D eigenvalue weighted by atomic mass is 16.2. The van der Waals surface area contributed by atoms with Crippen LogP contribution in [-0.4, -0.2) is 55.6 Å². The first kappa shape index (κ1) is 21.0. The Labute approximate surface area is 105 Å². The maximum atomic E-state index is 10.1. The van der Waals surface area contributed by atoms with E-state index >= 15 is 0 Å². The minimum Gasteiger partial charge on any atom is -0.349 e. The lowest BCUT2D eigenvalue weighted by Gasteiger charge is -2.02. The summed E-state index contributed by atoms with van der Waals surface area (Å²) >= 11 is 0. The Bertz CT molecular complexity index is 218. The number of nitrogens with zero attached hydrogens (tertiary/aromatic N) is 2. The Morgan fingerprint density at radius 3 is 0.882 bits per heavy atom. The first-order chi connectivity index (χ1) is 7.56. The third-order valence-corrected chi connectivity index (χ3v) is 1.76. The molecule has 17 heavy (non-hydrogen) atoms. The minimum absolute atomic E-state index is 0.0926. The number of hydrogen-bond acceptors (Lipinski definition) is 3. The molecule has 5 nitrogen and oxygen atoms in total. The van der Waals surface area contributed by atoms with E-state index in [9.17, 15) is 14.4 Å². The topological polar surface area (TPSA) is 57.7 Å². The van der Waals surface area contributed by atoms with Crippen molar-refractivity contribution in [3.05, 3.63) is 0 Å². The van der Waals surface area contributed by atoms with Gasteiger partial charge in [0.25, 0.3) is 0 Å². The van der Waals surface area contributed by atoms with Gasteiger partial charge in [-0.2, -0.15) is 0 Å². The number of hydrogen-bond donors (Lipinski definition) is 0. The average Bonchev–Trinajstić information content (AvgIpc) is 2.19. The Balaban J connectivity index is -0.000000174. The van der Waals surface area contributed by atoms with Crippen LogP contribution < -0.4 is 0 Å². The SMILES string of the molecule is CC(=O)N(C)C.CC(=O)N(C)C.CCC(C)=O. The van der Waals surface area contributed by atoms with Crippen LogP contribution in [-0.2, 0) is 14.4 Å². The third-order valence-electron chi connectivity index (χ3n) is 1.76. The van der Waals surface area contributed by atoms with E-state index in [0.717, 1.165) is 0 Å². The molecule has 0 unspecified atom stereocenters. The maximum absolute atomic E-state index is 10.1. The molecule has 0 aliphatic carbocycles. The molecule has 0 fully saturated rings. The van der Waals surface area contributed by atoms with Gasteiger partial charge < -0.3 is 14.6 Å². The second kappa shape index (κ2) is 12.7. The van der Waals surface area contributed by atoms with Crippen LogP contribution in [0.3, 0.4) is 0 Å². The summed E-state index contributed by atoms with van der Waals surface area (Å²) in [5.41, 5.74) is 0. The largest absolute Gasteiger partial charge is 0.349 e. The monoisotopic (exact) mass is 246 g/mol. The molecule has 0 spiro atoms. The van der Waals surface area contributed by atoms with Gasteiger partial charge in [0.2, 0.25) is 11.8 Å². The van der Waals surface area contributed by atoms with Crippen LogP contribution in [0.5, 0.6) is 0 Å². The van der Waals surface area contributed by atoms with E-state index in [1.807, 2.05) is 6.92 Å². The first-order valence-corrected chi connectivity index (χ1v) is 5.41. The number of carbonyl (C=O) groups is 3. The quantitative estimate of drug-likeness (QED) is 0.698. The normalized spacial score (nSPS) is 7.76. The van der Waals surface area contributed by atoms with Crippen LogP contribution in [0.2, 0.25) is 0 Å². The highest BCUT2D eigenvalue weighted by Gasteiger charge is 1.88. The summed E-state index contributed by atoms with van der Waals surface area (Å²) in [5, 5.41) is 0. The van der Waals surface area contributed by atoms with Crippen molar-refractivity contribution in [2.45, 2.75) is 34.1 Å². The lowest BCUT2D eigenvalue weighted by molar-refractivity contribution is -0.127. The van der Waals surface area contributed by atoms with Crippen molar-refractivity contribution >= 4 is 17.6 Å². The van der Waals surface area contributed by atoms with Gasteiger partial charge in [-0.05, 0) is 6.92 Å². The van der Waals surface area contributed by atoms with E-state index < -0.39 is 0 Å². The number of Topliss-reactive ketones (excluding diaryl/α,β-unsaturated/α-hetero) is 1. The first-order valence-electron chi connectivity index (χ1n) is 5.41. The predicted molar refractivity (Wildman–Crippen MR) is 69.7 cm³/mol. The molecule has 5 heteroatoms. The summed E-state index contributed by atoms with van der Waals surface area (Å²) in [4.78, 5) is 33.0. The number of rotatable bonds is 1. The summed E-state index contributed by atoms with van der Waals surface area (Å²) in [6.45, 7) is 6.49. The van der Waals surface area contributed by atoms with E-state index in [2.05, 4.69) is 0 Å². The van der Waals surface area contributed by atoms with Gasteiger partial charge in [0.05, 0.1) is 0 Å². The Kier molecular flexibility index (Phi) is 15.6. The Morgan fingerprint density at radius 2 is 0.882 bits per heavy atom. The van der Waals surface area contributed by atoms with Crippen molar-refractivity contribution in [2.75, 3.05) is 28.2 Å². The van der Waals surface area contributed by atoms with Crippen LogP contribution in [0, 0.1) is 0 Å². The summed E-state index contributed by atoms with van der Waals surface area (Å²) in [7, 11) is 6.90. The molecule has 0 bridgehead atoms. The van der Waals surface area contributed by atoms with Gasteiger partial charge in [-0.15, -0.1) is 0 Å². The zero-order valence-electron chi connectivity index (χ0n) is 12.3. The van der Waals surface area contributed by atoms with Gasteiger partial charge in [-0.1, -0.05) is 6.92 Å². The van der Waals surface area contributed by atoms with Gasteiger partial charge in [0.1, 0.15) is 5.78 Å². The van der Waals surface area contributed by atoms with Gasteiger partial charge in [0.15, 0.2) is 0 Å². The molecule has 0 heterocycles.